The third-order valence-electron chi connectivity index (χ3n) is 2.69. The molecule has 1 heterocycles. The minimum absolute atomic E-state index is 0.205. The molecule has 0 aliphatic heterocycles. The van der Waals surface area contributed by atoms with Gasteiger partial charge in [-0.2, -0.15) is 0 Å². The highest BCUT2D eigenvalue weighted by Crippen LogP contribution is 2.23. The molecule has 2 rings (SSSR count). The van der Waals surface area contributed by atoms with E-state index in [0.717, 1.165) is 22.5 Å². The summed E-state index contributed by atoms with van der Waals surface area (Å²) in [6, 6.07) is 8.72. The zero-order valence-corrected chi connectivity index (χ0v) is 11.4. The van der Waals surface area contributed by atoms with Crippen molar-refractivity contribution in [3.8, 4) is 0 Å². The van der Waals surface area contributed by atoms with Gasteiger partial charge in [0.05, 0.1) is 5.00 Å². The molecule has 2 N–H and O–H groups in total. The van der Waals surface area contributed by atoms with Crippen molar-refractivity contribution in [2.45, 2.75) is 13.8 Å². The van der Waals surface area contributed by atoms with Gasteiger partial charge in [0.15, 0.2) is 0 Å². The van der Waals surface area contributed by atoms with E-state index in [9.17, 15) is 9.59 Å². The fourth-order valence-corrected chi connectivity index (χ4v) is 2.42. The number of thiophene rings is 1. The second-order valence-corrected chi connectivity index (χ2v) is 5.33. The molecule has 1 aromatic carbocycles. The highest BCUT2D eigenvalue weighted by atomic mass is 32.1. The quantitative estimate of drug-likeness (QED) is 0.903. The number of hydrogen-bond donors (Lipinski definition) is 2. The molecule has 0 saturated carbocycles. The number of anilines is 1. The molecular weight excluding hydrogens is 262 g/mol. The molecule has 0 unspecified atom stereocenters. The maximum absolute atomic E-state index is 12.1. The summed E-state index contributed by atoms with van der Waals surface area (Å²) < 4.78 is 0. The third-order valence-corrected chi connectivity index (χ3v) is 3.68. The van der Waals surface area contributed by atoms with E-state index in [4.69, 9.17) is 5.11 Å². The van der Waals surface area contributed by atoms with Crippen LogP contribution in [0.5, 0.6) is 0 Å². The molecule has 0 aliphatic carbocycles. The van der Waals surface area contributed by atoms with Gasteiger partial charge < -0.3 is 10.4 Å². The predicted octanol–water partition coefficient (Wildman–Crippen LogP) is 3.32. The molecule has 2 aromatic rings. The smallest absolute Gasteiger partial charge is 0.345 e. The number of aromatic carboxylic acids is 1. The lowest BCUT2D eigenvalue weighted by Crippen LogP contribution is -2.12. The molecule has 0 fully saturated rings. The molecule has 19 heavy (non-hydrogen) atoms. The van der Waals surface area contributed by atoms with E-state index in [1.807, 2.05) is 32.0 Å². The van der Waals surface area contributed by atoms with Gasteiger partial charge in [-0.05, 0) is 37.6 Å². The second kappa shape index (κ2) is 5.24. The Bertz CT molecular complexity index is 646. The molecule has 5 heteroatoms. The summed E-state index contributed by atoms with van der Waals surface area (Å²) >= 11 is 1.04. The first kappa shape index (κ1) is 13.3. The highest BCUT2D eigenvalue weighted by Gasteiger charge is 2.12. The van der Waals surface area contributed by atoms with Crippen LogP contribution in [0.2, 0.25) is 0 Å². The van der Waals surface area contributed by atoms with E-state index in [2.05, 4.69) is 5.32 Å². The summed E-state index contributed by atoms with van der Waals surface area (Å²) in [5.41, 5.74) is 2.50. The Morgan fingerprint density at radius 3 is 2.53 bits per heavy atom. The number of aryl methyl sites for hydroxylation is 2. The predicted molar refractivity (Wildman–Crippen MR) is 75.1 cm³/mol. The van der Waals surface area contributed by atoms with Gasteiger partial charge in [-0.1, -0.05) is 17.7 Å². The lowest BCUT2D eigenvalue weighted by atomic mass is 10.1. The largest absolute Gasteiger partial charge is 0.477 e. The SMILES string of the molecule is Cc1ccc(C)c(C(=O)Nc2ccc(C(=O)O)s2)c1. The lowest BCUT2D eigenvalue weighted by Gasteiger charge is -2.06. The number of carbonyl (C=O) groups is 2. The zero-order valence-electron chi connectivity index (χ0n) is 10.6. The van der Waals surface area contributed by atoms with Crippen LogP contribution in [-0.2, 0) is 0 Å². The molecule has 0 aliphatic rings. The number of hydrogen-bond acceptors (Lipinski definition) is 3. The van der Waals surface area contributed by atoms with Crippen molar-refractivity contribution in [2.75, 3.05) is 5.32 Å². The van der Waals surface area contributed by atoms with Crippen molar-refractivity contribution in [2.24, 2.45) is 0 Å². The number of benzene rings is 1. The standard InChI is InChI=1S/C14H13NO3S/c1-8-3-4-9(2)10(7-8)13(16)15-12-6-5-11(19-12)14(17)18/h3-7H,1-2H3,(H,15,16)(H,17,18). The highest BCUT2D eigenvalue weighted by molar-refractivity contribution is 7.18. The lowest BCUT2D eigenvalue weighted by molar-refractivity contribution is 0.0702. The van der Waals surface area contributed by atoms with Crippen LogP contribution in [0.4, 0.5) is 5.00 Å². The number of carboxylic acids is 1. The van der Waals surface area contributed by atoms with E-state index >= 15 is 0 Å². The Morgan fingerprint density at radius 2 is 1.89 bits per heavy atom. The third kappa shape index (κ3) is 3.00. The average Bonchev–Trinajstić information content (AvgIpc) is 2.80. The van der Waals surface area contributed by atoms with E-state index in [1.54, 1.807) is 6.07 Å². The van der Waals surface area contributed by atoms with E-state index in [0.29, 0.717) is 10.6 Å². The van der Waals surface area contributed by atoms with Gasteiger partial charge in [-0.25, -0.2) is 4.79 Å². The molecule has 0 bridgehead atoms. The Kier molecular flexibility index (Phi) is 3.66. The monoisotopic (exact) mass is 275 g/mol. The molecule has 0 atom stereocenters. The summed E-state index contributed by atoms with van der Waals surface area (Å²) in [4.78, 5) is 23.1. The van der Waals surface area contributed by atoms with Crippen LogP contribution in [0.1, 0.15) is 31.2 Å². The van der Waals surface area contributed by atoms with Gasteiger partial charge in [0.2, 0.25) is 0 Å². The number of carbonyl (C=O) groups excluding carboxylic acids is 1. The summed E-state index contributed by atoms with van der Waals surface area (Å²) in [7, 11) is 0. The van der Waals surface area contributed by atoms with Crippen molar-refractivity contribution in [1.29, 1.82) is 0 Å². The minimum Gasteiger partial charge on any atom is -0.477 e. The van der Waals surface area contributed by atoms with Gasteiger partial charge in [0, 0.05) is 5.56 Å². The summed E-state index contributed by atoms with van der Waals surface area (Å²) in [5.74, 6) is -1.21. The molecule has 0 radical (unpaired) electrons. The van der Waals surface area contributed by atoms with Gasteiger partial charge in [-0.3, -0.25) is 4.79 Å². The first-order chi connectivity index (χ1) is 8.97. The second-order valence-electron chi connectivity index (χ2n) is 4.24. The number of carboxylic acid groups (broad SMARTS) is 1. The number of amides is 1. The fourth-order valence-electron chi connectivity index (χ4n) is 1.68. The van der Waals surface area contributed by atoms with Crippen LogP contribution in [0.15, 0.2) is 30.3 Å². The molecule has 0 spiro atoms. The topological polar surface area (TPSA) is 66.4 Å². The number of nitrogens with one attached hydrogen (secondary N) is 1. The summed E-state index contributed by atoms with van der Waals surface area (Å²) in [6.07, 6.45) is 0. The molecular formula is C14H13NO3S. The van der Waals surface area contributed by atoms with Crippen molar-refractivity contribution in [3.63, 3.8) is 0 Å². The Labute approximate surface area is 114 Å². The number of rotatable bonds is 3. The first-order valence-corrected chi connectivity index (χ1v) is 6.51. The minimum atomic E-state index is -0.989. The van der Waals surface area contributed by atoms with Crippen molar-refractivity contribution in [1.82, 2.24) is 0 Å². The van der Waals surface area contributed by atoms with Crippen molar-refractivity contribution in [3.05, 3.63) is 51.9 Å². The normalized spacial score (nSPS) is 10.2. The van der Waals surface area contributed by atoms with Crippen LogP contribution in [-0.4, -0.2) is 17.0 Å². The Morgan fingerprint density at radius 1 is 1.16 bits per heavy atom. The van der Waals surface area contributed by atoms with E-state index in [-0.39, 0.29) is 10.8 Å². The van der Waals surface area contributed by atoms with Crippen LogP contribution in [0, 0.1) is 13.8 Å². The summed E-state index contributed by atoms with van der Waals surface area (Å²) in [5, 5.41) is 12.1. The fraction of sp³-hybridized carbons (Fsp3) is 0.143. The maximum Gasteiger partial charge on any atom is 0.345 e. The Balaban J connectivity index is 2.20. The molecule has 4 nitrogen and oxygen atoms in total. The molecule has 1 aromatic heterocycles. The average molecular weight is 275 g/mol. The summed E-state index contributed by atoms with van der Waals surface area (Å²) in [6.45, 7) is 3.79. The molecule has 1 amide bonds. The molecule has 0 saturated heterocycles. The van der Waals surface area contributed by atoms with Gasteiger partial charge in [0.1, 0.15) is 4.88 Å². The molecule has 98 valence electrons. The maximum atomic E-state index is 12.1. The van der Waals surface area contributed by atoms with Crippen LogP contribution in [0.25, 0.3) is 0 Å². The van der Waals surface area contributed by atoms with E-state index < -0.39 is 5.97 Å². The van der Waals surface area contributed by atoms with Gasteiger partial charge in [-0.15, -0.1) is 11.3 Å². The zero-order chi connectivity index (χ0) is 14.0. The van der Waals surface area contributed by atoms with Crippen LogP contribution >= 0.6 is 11.3 Å². The van der Waals surface area contributed by atoms with E-state index in [1.165, 1.54) is 6.07 Å². The van der Waals surface area contributed by atoms with Crippen molar-refractivity contribution >= 4 is 28.2 Å². The van der Waals surface area contributed by atoms with Crippen molar-refractivity contribution < 1.29 is 14.7 Å². The van der Waals surface area contributed by atoms with Crippen LogP contribution < -0.4 is 5.32 Å². The van der Waals surface area contributed by atoms with Crippen LogP contribution in [0.3, 0.4) is 0 Å². The Hall–Kier alpha value is -2.14. The van der Waals surface area contributed by atoms with Gasteiger partial charge in [0.25, 0.3) is 5.91 Å². The first-order valence-electron chi connectivity index (χ1n) is 5.69. The van der Waals surface area contributed by atoms with Gasteiger partial charge >= 0.3 is 5.97 Å².